The first-order valence-electron chi connectivity index (χ1n) is 19.0. The fourth-order valence-electron chi connectivity index (χ4n) is 10.8. The molecule has 3 N–H and O–H groups in total. The summed E-state index contributed by atoms with van der Waals surface area (Å²) in [4.78, 5) is 35.7. The number of carboxylic acids is 1. The van der Waals surface area contributed by atoms with E-state index in [0.717, 1.165) is 57.8 Å². The number of rotatable bonds is 17. The minimum absolute atomic E-state index is 0.0147. The first-order chi connectivity index (χ1) is 22.0. The topological polar surface area (TPSA) is 113 Å². The quantitative estimate of drug-likeness (QED) is 0.0836. The summed E-state index contributed by atoms with van der Waals surface area (Å²) in [6.45, 7) is 8.90. The number of unbranched alkanes of at least 4 members (excludes halogenated alkanes) is 6. The zero-order chi connectivity index (χ0) is 33.3. The maximum absolute atomic E-state index is 12.7. The monoisotopic (exact) mass is 643 g/mol. The number of carbonyl (C=O) groups excluding carboxylic acids is 2. The molecule has 4 saturated carbocycles. The molecule has 0 aromatic carbocycles. The molecule has 0 aromatic rings. The molecule has 0 spiro atoms. The van der Waals surface area contributed by atoms with Crippen molar-refractivity contribution >= 4 is 17.8 Å². The highest BCUT2D eigenvalue weighted by atomic mass is 16.5. The number of aliphatic hydroxyl groups is 1. The maximum atomic E-state index is 12.7. The van der Waals surface area contributed by atoms with Crippen LogP contribution in [0.15, 0.2) is 12.2 Å². The van der Waals surface area contributed by atoms with E-state index < -0.39 is 5.97 Å². The molecule has 0 heterocycles. The highest BCUT2D eigenvalue weighted by Gasteiger charge is 2.63. The van der Waals surface area contributed by atoms with Gasteiger partial charge in [-0.15, -0.1) is 0 Å². The Bertz CT molecular complexity index is 1040. The van der Waals surface area contributed by atoms with Gasteiger partial charge in [-0.25, -0.2) is 0 Å². The van der Waals surface area contributed by atoms with Crippen LogP contribution in [0.4, 0.5) is 0 Å². The van der Waals surface area contributed by atoms with Gasteiger partial charge >= 0.3 is 11.9 Å². The Balaban J connectivity index is 1.23. The van der Waals surface area contributed by atoms with Crippen LogP contribution in [0, 0.1) is 46.3 Å². The van der Waals surface area contributed by atoms with Crippen molar-refractivity contribution in [3.63, 3.8) is 0 Å². The number of allylic oxidation sites excluding steroid dienone is 2. The van der Waals surface area contributed by atoms with Gasteiger partial charge in [0.05, 0.1) is 6.10 Å². The van der Waals surface area contributed by atoms with Crippen molar-refractivity contribution in [2.75, 3.05) is 6.54 Å². The second-order valence-corrected chi connectivity index (χ2v) is 16.1. The van der Waals surface area contributed by atoms with Crippen LogP contribution in [0.2, 0.25) is 0 Å². The van der Waals surface area contributed by atoms with Gasteiger partial charge in [0.15, 0.2) is 0 Å². The number of carbonyl (C=O) groups is 3. The lowest BCUT2D eigenvalue weighted by atomic mass is 9.43. The van der Waals surface area contributed by atoms with Crippen molar-refractivity contribution in [3.8, 4) is 0 Å². The van der Waals surface area contributed by atoms with Gasteiger partial charge in [0.25, 0.3) is 0 Å². The average Bonchev–Trinajstić information content (AvgIpc) is 3.39. The van der Waals surface area contributed by atoms with Gasteiger partial charge in [-0.05, 0) is 130 Å². The van der Waals surface area contributed by atoms with Gasteiger partial charge in [-0.3, -0.25) is 14.4 Å². The van der Waals surface area contributed by atoms with Crippen molar-refractivity contribution in [2.45, 2.75) is 162 Å². The van der Waals surface area contributed by atoms with Gasteiger partial charge in [0.2, 0.25) is 5.91 Å². The molecule has 46 heavy (non-hydrogen) atoms. The first-order valence-corrected chi connectivity index (χ1v) is 19.0. The van der Waals surface area contributed by atoms with Crippen LogP contribution < -0.4 is 5.32 Å². The lowest BCUT2D eigenvalue weighted by molar-refractivity contribution is -0.181. The Kier molecular flexibility index (Phi) is 13.6. The molecular weight excluding hydrogens is 578 g/mol. The lowest BCUT2D eigenvalue weighted by Crippen LogP contribution is -2.59. The number of aliphatic hydroxyl groups excluding tert-OH is 1. The summed E-state index contributed by atoms with van der Waals surface area (Å²) in [6.07, 6.45) is 23.6. The molecule has 0 radical (unpaired) electrons. The van der Waals surface area contributed by atoms with Crippen LogP contribution in [0.1, 0.15) is 150 Å². The summed E-state index contributed by atoms with van der Waals surface area (Å²) in [5, 5.41) is 23.2. The number of hydrogen-bond acceptors (Lipinski definition) is 5. The number of hydrogen-bond donors (Lipinski definition) is 3. The molecule has 7 heteroatoms. The van der Waals surface area contributed by atoms with Gasteiger partial charge in [-0.2, -0.15) is 0 Å². The zero-order valence-corrected chi connectivity index (χ0v) is 29.4. The van der Waals surface area contributed by atoms with E-state index >= 15 is 0 Å². The van der Waals surface area contributed by atoms with Gasteiger partial charge in [0.1, 0.15) is 12.6 Å². The number of esters is 1. The molecule has 0 aliphatic heterocycles. The smallest absolute Gasteiger partial charge is 0.322 e. The molecule has 0 saturated heterocycles. The second kappa shape index (κ2) is 17.0. The third-order valence-electron chi connectivity index (χ3n) is 13.4. The van der Waals surface area contributed by atoms with Crippen molar-refractivity contribution in [1.29, 1.82) is 0 Å². The highest BCUT2D eigenvalue weighted by molar-refractivity contribution is 5.81. The predicted octanol–water partition coefficient (Wildman–Crippen LogP) is 8.23. The largest absolute Gasteiger partial charge is 0.480 e. The van der Waals surface area contributed by atoms with Crippen LogP contribution in [-0.2, 0) is 19.1 Å². The van der Waals surface area contributed by atoms with E-state index in [0.29, 0.717) is 48.3 Å². The molecule has 4 rings (SSSR count). The van der Waals surface area contributed by atoms with Crippen molar-refractivity contribution < 1.29 is 29.3 Å². The van der Waals surface area contributed by atoms with Gasteiger partial charge in [0, 0.05) is 12.8 Å². The number of ether oxygens (including phenoxy) is 1. The Labute approximate surface area is 279 Å². The zero-order valence-electron chi connectivity index (χ0n) is 29.4. The minimum atomic E-state index is -1.02. The Morgan fingerprint density at radius 2 is 1.65 bits per heavy atom. The molecular formula is C39H65NO6. The van der Waals surface area contributed by atoms with E-state index in [4.69, 9.17) is 9.84 Å². The van der Waals surface area contributed by atoms with Crippen LogP contribution in [0.5, 0.6) is 0 Å². The molecule has 262 valence electrons. The summed E-state index contributed by atoms with van der Waals surface area (Å²) >= 11 is 0. The molecule has 4 aliphatic rings. The van der Waals surface area contributed by atoms with Crippen LogP contribution in [0.25, 0.3) is 0 Å². The number of aliphatic carboxylic acids is 1. The maximum Gasteiger partial charge on any atom is 0.322 e. The van der Waals surface area contributed by atoms with Crippen molar-refractivity contribution in [3.05, 3.63) is 12.2 Å². The third-order valence-corrected chi connectivity index (χ3v) is 13.4. The van der Waals surface area contributed by atoms with Gasteiger partial charge in [-0.1, -0.05) is 65.5 Å². The number of fused-ring (bicyclic) bond motifs is 5. The number of carboxylic acid groups (broad SMARTS) is 1. The molecule has 4 aliphatic carbocycles. The van der Waals surface area contributed by atoms with E-state index in [9.17, 15) is 19.5 Å². The van der Waals surface area contributed by atoms with E-state index in [-0.39, 0.29) is 41.5 Å². The van der Waals surface area contributed by atoms with Crippen molar-refractivity contribution in [1.82, 2.24) is 5.32 Å². The van der Waals surface area contributed by atoms with Gasteiger partial charge < -0.3 is 20.3 Å². The fourth-order valence-corrected chi connectivity index (χ4v) is 10.8. The second-order valence-electron chi connectivity index (χ2n) is 16.1. The van der Waals surface area contributed by atoms with E-state index in [1.165, 1.54) is 51.4 Å². The Morgan fingerprint density at radius 1 is 0.913 bits per heavy atom. The number of amides is 1. The van der Waals surface area contributed by atoms with Crippen LogP contribution >= 0.6 is 0 Å². The first kappa shape index (κ1) is 36.9. The van der Waals surface area contributed by atoms with E-state index in [1.54, 1.807) is 0 Å². The SMILES string of the molecule is CCC/C=C\CCCCCCCC(=O)OC1CCC2(C)C(CCC3C2CC(O)C2(C)C(C(C)CCC(=O)NCC(=O)O)CCC32)C1. The van der Waals surface area contributed by atoms with Crippen molar-refractivity contribution in [2.24, 2.45) is 46.3 Å². The average molecular weight is 644 g/mol. The minimum Gasteiger partial charge on any atom is -0.480 e. The Morgan fingerprint density at radius 3 is 2.41 bits per heavy atom. The normalized spacial score (nSPS) is 36.0. The summed E-state index contributed by atoms with van der Waals surface area (Å²) in [7, 11) is 0. The summed E-state index contributed by atoms with van der Waals surface area (Å²) < 4.78 is 6.06. The van der Waals surface area contributed by atoms with E-state index in [2.05, 4.69) is 45.2 Å². The third kappa shape index (κ3) is 8.76. The van der Waals surface area contributed by atoms with Crippen LogP contribution in [-0.4, -0.2) is 46.8 Å². The standard InChI is InChI=1S/C39H65NO6/c1-5-6-7-8-9-10-11-12-13-14-15-37(45)46-29-22-23-38(3)28(24-29)17-18-30-32-20-19-31(39(32,4)34(41)25-33(30)38)27(2)16-21-35(42)40-26-36(43)44/h7-8,27-34,41H,5-6,9-26H2,1-4H3,(H,40,42)(H,43,44)/b8-7-. The number of nitrogens with one attached hydrogen (secondary N) is 1. The predicted molar refractivity (Wildman–Crippen MR) is 182 cm³/mol. The molecule has 4 fully saturated rings. The summed E-state index contributed by atoms with van der Waals surface area (Å²) in [5.74, 6) is 1.60. The molecule has 10 unspecified atom stereocenters. The molecule has 0 aromatic heterocycles. The molecule has 10 atom stereocenters. The van der Waals surface area contributed by atoms with Crippen LogP contribution in [0.3, 0.4) is 0 Å². The molecule has 7 nitrogen and oxygen atoms in total. The fraction of sp³-hybridized carbons (Fsp3) is 0.872. The summed E-state index contributed by atoms with van der Waals surface area (Å²) in [5.41, 5.74) is 0.0472. The molecule has 1 amide bonds. The lowest BCUT2D eigenvalue weighted by Gasteiger charge is -2.62. The highest BCUT2D eigenvalue weighted by Crippen LogP contribution is 2.68. The van der Waals surface area contributed by atoms with E-state index in [1.807, 2.05) is 0 Å². The Hall–Kier alpha value is -1.89. The molecule has 0 bridgehead atoms. The summed E-state index contributed by atoms with van der Waals surface area (Å²) in [6, 6.07) is 0.